The quantitative estimate of drug-likeness (QED) is 0.305. The summed E-state index contributed by atoms with van der Waals surface area (Å²) in [7, 11) is 0. The van der Waals surface area contributed by atoms with Crippen LogP contribution in [0.25, 0.3) is 0 Å². The fraction of sp³-hybridized carbons (Fsp3) is 0.850. The second kappa shape index (κ2) is 12.5. The summed E-state index contributed by atoms with van der Waals surface area (Å²) in [6.45, 7) is 12.9. The second-order valence-corrected chi connectivity index (χ2v) is 7.16. The van der Waals surface area contributed by atoms with E-state index in [9.17, 15) is 4.79 Å². The van der Waals surface area contributed by atoms with E-state index in [1.54, 1.807) is 0 Å². The highest BCUT2D eigenvalue weighted by Gasteiger charge is 2.22. The number of carbonyl (C=O) groups is 1. The maximum atomic E-state index is 10.5. The Morgan fingerprint density at radius 2 is 1.96 bits per heavy atom. The third kappa shape index (κ3) is 11.6. The summed E-state index contributed by atoms with van der Waals surface area (Å²) in [6.07, 6.45) is 11.1. The molecule has 0 aromatic heterocycles. The summed E-state index contributed by atoms with van der Waals surface area (Å²) in [5.74, 6) is -0.179. The van der Waals surface area contributed by atoms with Crippen LogP contribution in [0, 0.1) is 5.92 Å². The zero-order valence-electron chi connectivity index (χ0n) is 15.8. The van der Waals surface area contributed by atoms with Crippen molar-refractivity contribution < 1.29 is 14.6 Å². The van der Waals surface area contributed by atoms with Crippen LogP contribution in [-0.4, -0.2) is 48.3 Å². The van der Waals surface area contributed by atoms with Crippen molar-refractivity contribution in [3.63, 3.8) is 0 Å². The van der Waals surface area contributed by atoms with Gasteiger partial charge in [0, 0.05) is 18.7 Å². The maximum absolute atomic E-state index is 10.5. The summed E-state index contributed by atoms with van der Waals surface area (Å²) >= 11 is 0. The Morgan fingerprint density at radius 3 is 2.46 bits per heavy atom. The number of hydrogen-bond acceptors (Lipinski definition) is 3. The zero-order chi connectivity index (χ0) is 17.8. The lowest BCUT2D eigenvalue weighted by atomic mass is 9.93. The first-order valence-electron chi connectivity index (χ1n) is 9.81. The van der Waals surface area contributed by atoms with E-state index in [0.717, 1.165) is 19.4 Å². The number of rotatable bonds is 13. The van der Waals surface area contributed by atoms with Crippen LogP contribution in [0.1, 0.15) is 71.6 Å². The van der Waals surface area contributed by atoms with Crippen LogP contribution in [0.5, 0.6) is 0 Å². The lowest BCUT2D eigenvalue weighted by Gasteiger charge is -2.13. The van der Waals surface area contributed by atoms with Crippen LogP contribution in [0.4, 0.5) is 0 Å². The summed E-state index contributed by atoms with van der Waals surface area (Å²) in [5, 5.41) is 8.64. The molecule has 24 heavy (non-hydrogen) atoms. The van der Waals surface area contributed by atoms with E-state index in [1.807, 2.05) is 0 Å². The van der Waals surface area contributed by atoms with Gasteiger partial charge in [0.05, 0.1) is 12.7 Å². The van der Waals surface area contributed by atoms with E-state index in [-0.39, 0.29) is 0 Å². The molecule has 0 bridgehead atoms. The van der Waals surface area contributed by atoms with Gasteiger partial charge in [-0.05, 0) is 44.6 Å². The van der Waals surface area contributed by atoms with Crippen molar-refractivity contribution in [3.05, 3.63) is 12.2 Å². The zero-order valence-corrected chi connectivity index (χ0v) is 15.8. The van der Waals surface area contributed by atoms with Crippen molar-refractivity contribution in [1.29, 1.82) is 0 Å². The predicted molar refractivity (Wildman–Crippen MR) is 99.3 cm³/mol. The van der Waals surface area contributed by atoms with Gasteiger partial charge in [-0.1, -0.05) is 46.1 Å². The Hall–Kier alpha value is -0.870. The average Bonchev–Trinajstić information content (AvgIpc) is 3.47. The van der Waals surface area contributed by atoms with Crippen molar-refractivity contribution in [3.8, 4) is 0 Å². The highest BCUT2D eigenvalue weighted by molar-refractivity contribution is 5.85. The first-order valence-corrected chi connectivity index (χ1v) is 9.81. The number of unbranched alkanes of at least 4 members (excludes halogenated alkanes) is 2. The van der Waals surface area contributed by atoms with E-state index < -0.39 is 5.97 Å². The molecule has 2 unspecified atom stereocenters. The Balaban J connectivity index is 0.000000250. The van der Waals surface area contributed by atoms with Crippen LogP contribution >= 0.6 is 0 Å². The lowest BCUT2D eigenvalue weighted by molar-refractivity contribution is -0.132. The van der Waals surface area contributed by atoms with E-state index >= 15 is 0 Å². The van der Waals surface area contributed by atoms with Crippen LogP contribution in [0.3, 0.4) is 0 Å². The Kier molecular flexibility index (Phi) is 11.0. The first kappa shape index (κ1) is 21.2. The second-order valence-electron chi connectivity index (χ2n) is 7.16. The van der Waals surface area contributed by atoms with Gasteiger partial charge in [-0.15, -0.1) is 0 Å². The Bertz CT molecular complexity index is 348. The maximum Gasteiger partial charge on any atom is 0.330 e. The molecule has 2 aliphatic rings. The summed E-state index contributed by atoms with van der Waals surface area (Å²) in [5.41, 5.74) is 0.347. The molecule has 2 fully saturated rings. The lowest BCUT2D eigenvalue weighted by Crippen LogP contribution is -2.04. The van der Waals surface area contributed by atoms with Gasteiger partial charge in [0.25, 0.3) is 0 Å². The molecular weight excluding hydrogens is 302 g/mol. The molecule has 2 rings (SSSR count). The molecule has 0 amide bonds. The minimum Gasteiger partial charge on any atom is -0.478 e. The van der Waals surface area contributed by atoms with Gasteiger partial charge < -0.3 is 14.7 Å². The molecule has 140 valence electrons. The van der Waals surface area contributed by atoms with E-state index in [4.69, 9.17) is 9.84 Å². The molecule has 2 saturated heterocycles. The summed E-state index contributed by atoms with van der Waals surface area (Å²) in [4.78, 5) is 13.0. The van der Waals surface area contributed by atoms with E-state index in [1.165, 1.54) is 58.2 Å². The molecule has 0 saturated carbocycles. The Morgan fingerprint density at radius 1 is 1.25 bits per heavy atom. The van der Waals surface area contributed by atoms with E-state index in [2.05, 4.69) is 25.3 Å². The number of ether oxygens (including phenoxy) is 1. The van der Waals surface area contributed by atoms with Crippen molar-refractivity contribution in [2.24, 2.45) is 5.92 Å². The summed E-state index contributed by atoms with van der Waals surface area (Å²) < 4.78 is 5.12. The summed E-state index contributed by atoms with van der Waals surface area (Å²) in [6, 6.07) is 0. The number of carboxylic acid groups (broad SMARTS) is 1. The molecule has 2 aliphatic heterocycles. The standard InChI is InChI=1S/C12H22O2.C8H15NO/c1-4-6-7-11(5-2)9-8-10(3)12(13)14;1(3-8-7-10-8)2-4-9-5-6-9/h11H,3-9H2,1-2H3,(H,13,14);8H,1-7H2. The van der Waals surface area contributed by atoms with Crippen molar-refractivity contribution in [2.75, 3.05) is 26.2 Å². The highest BCUT2D eigenvalue weighted by atomic mass is 16.6. The van der Waals surface area contributed by atoms with Gasteiger partial charge in [-0.3, -0.25) is 0 Å². The molecule has 0 spiro atoms. The number of aliphatic carboxylic acids is 1. The van der Waals surface area contributed by atoms with Crippen LogP contribution in [0.15, 0.2) is 12.2 Å². The third-order valence-corrected chi connectivity index (χ3v) is 4.89. The number of hydrogen-bond donors (Lipinski definition) is 1. The monoisotopic (exact) mass is 339 g/mol. The van der Waals surface area contributed by atoms with Crippen molar-refractivity contribution in [2.45, 2.75) is 77.7 Å². The molecule has 2 heterocycles. The molecule has 2 atom stereocenters. The topological polar surface area (TPSA) is 52.8 Å². The van der Waals surface area contributed by atoms with Gasteiger partial charge >= 0.3 is 5.97 Å². The molecule has 0 aliphatic carbocycles. The van der Waals surface area contributed by atoms with Crippen LogP contribution in [0.2, 0.25) is 0 Å². The Labute approximate surface area is 148 Å². The SMILES string of the molecule is C(CCN1CC1)CC1CO1.C=C(CCC(CC)CCCC)C(=O)O. The molecule has 1 N–H and O–H groups in total. The third-order valence-electron chi connectivity index (χ3n) is 4.89. The van der Waals surface area contributed by atoms with E-state index in [0.29, 0.717) is 24.0 Å². The number of carboxylic acids is 1. The predicted octanol–water partition coefficient (Wildman–Crippen LogP) is 4.49. The van der Waals surface area contributed by atoms with Gasteiger partial charge in [-0.25, -0.2) is 4.79 Å². The fourth-order valence-electron chi connectivity index (χ4n) is 2.77. The minimum absolute atomic E-state index is 0.347. The highest BCUT2D eigenvalue weighted by Crippen LogP contribution is 2.20. The number of nitrogens with zero attached hydrogens (tertiary/aromatic N) is 1. The van der Waals surface area contributed by atoms with Gasteiger partial charge in [0.1, 0.15) is 0 Å². The molecule has 4 nitrogen and oxygen atoms in total. The smallest absolute Gasteiger partial charge is 0.330 e. The van der Waals surface area contributed by atoms with Crippen molar-refractivity contribution >= 4 is 5.97 Å². The first-order chi connectivity index (χ1) is 11.6. The minimum atomic E-state index is -0.852. The van der Waals surface area contributed by atoms with Gasteiger partial charge in [-0.2, -0.15) is 0 Å². The molecular formula is C20H37NO3. The van der Waals surface area contributed by atoms with Crippen LogP contribution < -0.4 is 0 Å². The normalized spacial score (nSPS) is 20.0. The molecule has 0 radical (unpaired) electrons. The largest absolute Gasteiger partial charge is 0.478 e. The fourth-order valence-corrected chi connectivity index (χ4v) is 2.77. The van der Waals surface area contributed by atoms with Crippen molar-refractivity contribution in [1.82, 2.24) is 4.90 Å². The molecule has 0 aromatic rings. The van der Waals surface area contributed by atoms with Gasteiger partial charge in [0.2, 0.25) is 0 Å². The van der Waals surface area contributed by atoms with Crippen LogP contribution in [-0.2, 0) is 9.53 Å². The number of epoxide rings is 1. The molecule has 4 heteroatoms. The van der Waals surface area contributed by atoms with Gasteiger partial charge in [0.15, 0.2) is 0 Å². The molecule has 0 aromatic carbocycles. The average molecular weight is 340 g/mol.